The number of halogens is 2. The van der Waals surface area contributed by atoms with Gasteiger partial charge in [0.1, 0.15) is 0 Å². The van der Waals surface area contributed by atoms with E-state index in [1.54, 1.807) is 30.3 Å². The molecule has 0 saturated carbocycles. The lowest BCUT2D eigenvalue weighted by Gasteiger charge is -2.07. The van der Waals surface area contributed by atoms with Crippen LogP contribution in [0.2, 0.25) is 0 Å². The maximum absolute atomic E-state index is 12.1. The zero-order valence-corrected chi connectivity index (χ0v) is 13.9. The Hall–Kier alpha value is -0.980. The van der Waals surface area contributed by atoms with Crippen LogP contribution in [0.15, 0.2) is 38.6 Å². The molecule has 0 atom stereocenters. The number of amides is 1. The van der Waals surface area contributed by atoms with Gasteiger partial charge in [0.05, 0.1) is 14.4 Å². The first-order chi connectivity index (χ1) is 8.99. The van der Waals surface area contributed by atoms with Gasteiger partial charge in [-0.3, -0.25) is 9.59 Å². The third-order valence-corrected chi connectivity index (χ3v) is 5.68. The first-order valence-corrected chi connectivity index (χ1v) is 7.75. The highest BCUT2D eigenvalue weighted by Gasteiger charge is 2.14. The van der Waals surface area contributed by atoms with Crippen LogP contribution in [0.4, 0.5) is 5.69 Å². The van der Waals surface area contributed by atoms with Gasteiger partial charge in [-0.05, 0) is 57.0 Å². The topological polar surface area (TPSA) is 46.2 Å². The molecule has 0 fully saturated rings. The Morgan fingerprint density at radius 3 is 2.47 bits per heavy atom. The number of benzene rings is 1. The van der Waals surface area contributed by atoms with Crippen molar-refractivity contribution < 1.29 is 9.59 Å². The highest BCUT2D eigenvalue weighted by molar-refractivity contribution is 9.13. The number of nitrogens with one attached hydrogen (secondary N) is 1. The maximum atomic E-state index is 12.1. The van der Waals surface area contributed by atoms with Crippen LogP contribution in [-0.4, -0.2) is 11.7 Å². The summed E-state index contributed by atoms with van der Waals surface area (Å²) < 4.78 is 1.69. The third kappa shape index (κ3) is 3.32. The van der Waals surface area contributed by atoms with Gasteiger partial charge in [0, 0.05) is 10.0 Å². The minimum absolute atomic E-state index is 0.0792. The van der Waals surface area contributed by atoms with Gasteiger partial charge in [-0.2, -0.15) is 0 Å². The lowest BCUT2D eigenvalue weighted by molar-refractivity contribution is 0.101. The van der Waals surface area contributed by atoms with Crippen LogP contribution in [0, 0.1) is 0 Å². The molecule has 1 N–H and O–H groups in total. The fourth-order valence-corrected chi connectivity index (χ4v) is 3.47. The van der Waals surface area contributed by atoms with E-state index in [9.17, 15) is 9.59 Å². The van der Waals surface area contributed by atoms with Crippen LogP contribution in [-0.2, 0) is 0 Å². The molecule has 98 valence electrons. The number of Topliss-reactive ketones (excluding diaryl/α,β-unsaturated/α-hetero) is 1. The highest BCUT2D eigenvalue weighted by Crippen LogP contribution is 2.32. The Balaban J connectivity index is 2.26. The summed E-state index contributed by atoms with van der Waals surface area (Å²) in [4.78, 5) is 24.1. The summed E-state index contributed by atoms with van der Waals surface area (Å²) in [6.45, 7) is 1.48. The standard InChI is InChI=1S/C13H9Br2NO2S/c1-7(17)8-4-2-3-5-10(8)16-13(18)11-6-9(14)12(15)19-11/h2-6H,1H3,(H,16,18). The number of rotatable bonds is 3. The highest BCUT2D eigenvalue weighted by atomic mass is 79.9. The number of para-hydroxylation sites is 1. The summed E-state index contributed by atoms with van der Waals surface area (Å²) in [7, 11) is 0. The summed E-state index contributed by atoms with van der Waals surface area (Å²) in [5.41, 5.74) is 1.03. The normalized spacial score (nSPS) is 10.3. The smallest absolute Gasteiger partial charge is 0.265 e. The van der Waals surface area contributed by atoms with Crippen LogP contribution >= 0.6 is 43.2 Å². The van der Waals surface area contributed by atoms with Crippen molar-refractivity contribution >= 4 is 60.6 Å². The van der Waals surface area contributed by atoms with E-state index < -0.39 is 0 Å². The SMILES string of the molecule is CC(=O)c1ccccc1NC(=O)c1cc(Br)c(Br)s1. The predicted octanol–water partition coefficient (Wildman–Crippen LogP) is 4.73. The fraction of sp³-hybridized carbons (Fsp3) is 0.0769. The maximum Gasteiger partial charge on any atom is 0.265 e. The van der Waals surface area contributed by atoms with Crippen LogP contribution in [0.3, 0.4) is 0 Å². The molecule has 2 rings (SSSR count). The molecule has 0 bridgehead atoms. The number of ketones is 1. The van der Waals surface area contributed by atoms with E-state index in [0.29, 0.717) is 16.1 Å². The van der Waals surface area contributed by atoms with E-state index in [0.717, 1.165) is 8.26 Å². The van der Waals surface area contributed by atoms with Crippen molar-refractivity contribution in [2.45, 2.75) is 6.92 Å². The molecule has 2 aromatic rings. The molecule has 0 spiro atoms. The largest absolute Gasteiger partial charge is 0.321 e. The van der Waals surface area contributed by atoms with Gasteiger partial charge in [-0.25, -0.2) is 0 Å². The van der Waals surface area contributed by atoms with Crippen molar-refractivity contribution in [1.82, 2.24) is 0 Å². The first kappa shape index (κ1) is 14.4. The van der Waals surface area contributed by atoms with Gasteiger partial charge in [0.15, 0.2) is 5.78 Å². The van der Waals surface area contributed by atoms with Gasteiger partial charge in [-0.15, -0.1) is 11.3 Å². The Morgan fingerprint density at radius 2 is 1.89 bits per heavy atom. The van der Waals surface area contributed by atoms with Crippen molar-refractivity contribution in [3.8, 4) is 0 Å². The van der Waals surface area contributed by atoms with E-state index in [-0.39, 0.29) is 11.7 Å². The molecule has 0 unspecified atom stereocenters. The minimum atomic E-state index is -0.231. The summed E-state index contributed by atoms with van der Waals surface area (Å²) in [6.07, 6.45) is 0. The third-order valence-electron chi connectivity index (χ3n) is 2.42. The van der Waals surface area contributed by atoms with Crippen LogP contribution in [0.25, 0.3) is 0 Å². The molecule has 1 heterocycles. The van der Waals surface area contributed by atoms with Crippen molar-refractivity contribution in [3.05, 3.63) is 49.0 Å². The van der Waals surface area contributed by atoms with Crippen LogP contribution in [0.1, 0.15) is 27.0 Å². The summed E-state index contributed by atoms with van der Waals surface area (Å²) in [6, 6.07) is 8.69. The Kier molecular flexibility index (Phi) is 4.54. The Labute approximate surface area is 131 Å². The Morgan fingerprint density at radius 1 is 1.21 bits per heavy atom. The molecule has 0 aliphatic carbocycles. The van der Waals surface area contributed by atoms with Gasteiger partial charge < -0.3 is 5.32 Å². The molecule has 0 aliphatic rings. The second kappa shape index (κ2) is 5.98. The van der Waals surface area contributed by atoms with E-state index in [4.69, 9.17) is 0 Å². The average molecular weight is 403 g/mol. The number of hydrogen-bond acceptors (Lipinski definition) is 3. The molecule has 0 saturated heterocycles. The summed E-state index contributed by atoms with van der Waals surface area (Å²) >= 11 is 8.01. The van der Waals surface area contributed by atoms with E-state index in [2.05, 4.69) is 37.2 Å². The van der Waals surface area contributed by atoms with E-state index in [1.165, 1.54) is 18.3 Å². The molecule has 1 amide bonds. The molecule has 1 aromatic carbocycles. The molecule has 1 aromatic heterocycles. The van der Waals surface area contributed by atoms with Crippen LogP contribution in [0.5, 0.6) is 0 Å². The van der Waals surface area contributed by atoms with Crippen molar-refractivity contribution in [2.24, 2.45) is 0 Å². The molecular formula is C13H9Br2NO2S. The fourth-order valence-electron chi connectivity index (χ4n) is 1.54. The van der Waals surface area contributed by atoms with E-state index in [1.807, 2.05) is 0 Å². The predicted molar refractivity (Wildman–Crippen MR) is 84.1 cm³/mol. The van der Waals surface area contributed by atoms with Gasteiger partial charge in [0.2, 0.25) is 0 Å². The Bertz CT molecular complexity index is 632. The quantitative estimate of drug-likeness (QED) is 0.754. The summed E-state index contributed by atoms with van der Waals surface area (Å²) in [5, 5.41) is 2.76. The van der Waals surface area contributed by atoms with Gasteiger partial charge in [-0.1, -0.05) is 12.1 Å². The molecule has 0 radical (unpaired) electrons. The molecule has 6 heteroatoms. The number of carbonyl (C=O) groups excluding carboxylic acids is 2. The minimum Gasteiger partial charge on any atom is -0.321 e. The zero-order valence-electron chi connectivity index (χ0n) is 9.87. The number of carbonyl (C=O) groups is 2. The first-order valence-electron chi connectivity index (χ1n) is 5.35. The average Bonchev–Trinajstić information content (AvgIpc) is 2.70. The summed E-state index contributed by atoms with van der Waals surface area (Å²) in [5.74, 6) is -0.311. The van der Waals surface area contributed by atoms with Gasteiger partial charge in [0.25, 0.3) is 5.91 Å². The van der Waals surface area contributed by atoms with Crippen molar-refractivity contribution in [2.75, 3.05) is 5.32 Å². The second-order valence-electron chi connectivity index (χ2n) is 3.79. The molecule has 0 aliphatic heterocycles. The lowest BCUT2D eigenvalue weighted by Crippen LogP contribution is -2.12. The van der Waals surface area contributed by atoms with Crippen LogP contribution < -0.4 is 5.32 Å². The molecule has 19 heavy (non-hydrogen) atoms. The van der Waals surface area contributed by atoms with E-state index >= 15 is 0 Å². The second-order valence-corrected chi connectivity index (χ2v) is 7.01. The van der Waals surface area contributed by atoms with Gasteiger partial charge >= 0.3 is 0 Å². The lowest BCUT2D eigenvalue weighted by atomic mass is 10.1. The van der Waals surface area contributed by atoms with Crippen molar-refractivity contribution in [3.63, 3.8) is 0 Å². The molecule has 3 nitrogen and oxygen atoms in total. The number of anilines is 1. The molecular weight excluding hydrogens is 394 g/mol. The number of thiophene rings is 1. The number of hydrogen-bond donors (Lipinski definition) is 1. The monoisotopic (exact) mass is 401 g/mol. The zero-order chi connectivity index (χ0) is 14.0. The van der Waals surface area contributed by atoms with Crippen molar-refractivity contribution in [1.29, 1.82) is 0 Å².